The monoisotopic (exact) mass is 283 g/mol. The molecule has 20 heavy (non-hydrogen) atoms. The molecular weight excluding hydrogens is 261 g/mol. The molecule has 2 atom stereocenters. The Morgan fingerprint density at radius 2 is 2.25 bits per heavy atom. The molecule has 0 bridgehead atoms. The summed E-state index contributed by atoms with van der Waals surface area (Å²) in [6.45, 7) is 7.10. The van der Waals surface area contributed by atoms with E-state index in [4.69, 9.17) is 14.2 Å². The maximum Gasteiger partial charge on any atom is 0.165 e. The minimum atomic E-state index is -0.505. The van der Waals surface area contributed by atoms with E-state index in [9.17, 15) is 4.39 Å². The van der Waals surface area contributed by atoms with E-state index in [0.29, 0.717) is 13.2 Å². The second-order valence-corrected chi connectivity index (χ2v) is 5.47. The van der Waals surface area contributed by atoms with Gasteiger partial charge in [0.25, 0.3) is 0 Å². The van der Waals surface area contributed by atoms with E-state index in [1.165, 1.54) is 13.2 Å². The predicted octanol–water partition coefficient (Wildman–Crippen LogP) is 2.64. The molecule has 2 rings (SSSR count). The van der Waals surface area contributed by atoms with Gasteiger partial charge in [-0.05, 0) is 38.5 Å². The summed E-state index contributed by atoms with van der Waals surface area (Å²) < 4.78 is 29.6. The fraction of sp³-hybridized carbons (Fsp3) is 0.600. The summed E-state index contributed by atoms with van der Waals surface area (Å²) in [4.78, 5) is 0. The Kier molecular flexibility index (Phi) is 4.62. The van der Waals surface area contributed by atoms with Crippen LogP contribution in [0.5, 0.6) is 5.75 Å². The summed E-state index contributed by atoms with van der Waals surface area (Å²) in [6, 6.07) is 4.97. The van der Waals surface area contributed by atoms with Crippen LogP contribution in [0.2, 0.25) is 0 Å². The van der Waals surface area contributed by atoms with Crippen LogP contribution in [0, 0.1) is 5.82 Å². The Bertz CT molecular complexity index is 464. The molecule has 5 heteroatoms. The molecule has 1 saturated heterocycles. The molecular formula is C15H22FNO3. The highest BCUT2D eigenvalue weighted by Crippen LogP contribution is 2.24. The van der Waals surface area contributed by atoms with Crippen LogP contribution in [0.1, 0.15) is 32.4 Å². The lowest BCUT2D eigenvalue weighted by Gasteiger charge is -2.20. The van der Waals surface area contributed by atoms with Gasteiger partial charge in [-0.25, -0.2) is 4.39 Å². The minimum Gasteiger partial charge on any atom is -0.494 e. The summed E-state index contributed by atoms with van der Waals surface area (Å²) in [6.07, 6.45) is 0.0368. The van der Waals surface area contributed by atoms with Crippen molar-refractivity contribution < 1.29 is 18.6 Å². The van der Waals surface area contributed by atoms with Crippen molar-refractivity contribution in [2.75, 3.05) is 20.3 Å². The molecule has 1 aromatic rings. The topological polar surface area (TPSA) is 39.7 Å². The number of benzene rings is 1. The third-order valence-corrected chi connectivity index (χ3v) is 3.39. The maximum atomic E-state index is 13.4. The minimum absolute atomic E-state index is 0.0368. The molecule has 0 aliphatic carbocycles. The summed E-state index contributed by atoms with van der Waals surface area (Å²) in [5.74, 6) is -0.593. The second kappa shape index (κ2) is 6.08. The molecule has 0 amide bonds. The van der Waals surface area contributed by atoms with Crippen molar-refractivity contribution in [1.82, 2.24) is 5.32 Å². The van der Waals surface area contributed by atoms with Gasteiger partial charge < -0.3 is 19.5 Å². The summed E-state index contributed by atoms with van der Waals surface area (Å²) in [7, 11) is 1.46. The van der Waals surface area contributed by atoms with Gasteiger partial charge in [-0.1, -0.05) is 6.07 Å². The van der Waals surface area contributed by atoms with Gasteiger partial charge >= 0.3 is 0 Å². The number of hydrogen-bond donors (Lipinski definition) is 1. The standard InChI is InChI=1S/C15H22FNO3/c1-10(11-5-6-13(16)14(7-11)18-4)17-8-12-9-19-15(2,3)20-12/h5-7,10,12,17H,8-9H2,1-4H3. The first-order valence-corrected chi connectivity index (χ1v) is 6.80. The number of methoxy groups -OCH3 is 1. The first kappa shape index (κ1) is 15.2. The molecule has 0 saturated carbocycles. The SMILES string of the molecule is COc1cc(C(C)NCC2COC(C)(C)O2)ccc1F. The normalized spacial score (nSPS) is 22.8. The summed E-state index contributed by atoms with van der Waals surface area (Å²) in [5, 5.41) is 3.37. The Balaban J connectivity index is 1.90. The van der Waals surface area contributed by atoms with Crippen LogP contribution < -0.4 is 10.1 Å². The van der Waals surface area contributed by atoms with Crippen molar-refractivity contribution in [3.63, 3.8) is 0 Å². The molecule has 1 N–H and O–H groups in total. The lowest BCUT2D eigenvalue weighted by Crippen LogP contribution is -2.32. The number of halogens is 1. The molecule has 1 fully saturated rings. The first-order chi connectivity index (χ1) is 9.41. The lowest BCUT2D eigenvalue weighted by molar-refractivity contribution is -0.137. The van der Waals surface area contributed by atoms with Gasteiger partial charge in [0, 0.05) is 12.6 Å². The van der Waals surface area contributed by atoms with E-state index >= 15 is 0 Å². The quantitative estimate of drug-likeness (QED) is 0.902. The van der Waals surface area contributed by atoms with E-state index in [1.807, 2.05) is 20.8 Å². The largest absolute Gasteiger partial charge is 0.494 e. The van der Waals surface area contributed by atoms with Crippen molar-refractivity contribution in [1.29, 1.82) is 0 Å². The van der Waals surface area contributed by atoms with E-state index in [1.54, 1.807) is 12.1 Å². The van der Waals surface area contributed by atoms with Gasteiger partial charge in [0.15, 0.2) is 17.4 Å². The Morgan fingerprint density at radius 3 is 2.85 bits per heavy atom. The summed E-state index contributed by atoms with van der Waals surface area (Å²) >= 11 is 0. The molecule has 1 heterocycles. The van der Waals surface area contributed by atoms with Crippen molar-refractivity contribution >= 4 is 0 Å². The Hall–Kier alpha value is -1.17. The third kappa shape index (κ3) is 3.69. The van der Waals surface area contributed by atoms with Crippen LogP contribution in [0.4, 0.5) is 4.39 Å². The van der Waals surface area contributed by atoms with E-state index in [-0.39, 0.29) is 23.7 Å². The number of hydrogen-bond acceptors (Lipinski definition) is 4. The zero-order valence-corrected chi connectivity index (χ0v) is 12.4. The van der Waals surface area contributed by atoms with Gasteiger partial charge in [-0.15, -0.1) is 0 Å². The van der Waals surface area contributed by atoms with Crippen LogP contribution >= 0.6 is 0 Å². The zero-order valence-electron chi connectivity index (χ0n) is 12.4. The molecule has 0 radical (unpaired) electrons. The molecule has 112 valence electrons. The molecule has 1 aromatic carbocycles. The maximum absolute atomic E-state index is 13.4. The Morgan fingerprint density at radius 1 is 1.50 bits per heavy atom. The van der Waals surface area contributed by atoms with Crippen LogP contribution in [0.3, 0.4) is 0 Å². The molecule has 0 spiro atoms. The first-order valence-electron chi connectivity index (χ1n) is 6.80. The summed E-state index contributed by atoms with van der Waals surface area (Å²) in [5.41, 5.74) is 0.974. The fourth-order valence-electron chi connectivity index (χ4n) is 2.24. The fourth-order valence-corrected chi connectivity index (χ4v) is 2.24. The highest BCUT2D eigenvalue weighted by Gasteiger charge is 2.32. The average molecular weight is 283 g/mol. The lowest BCUT2D eigenvalue weighted by atomic mass is 10.1. The van der Waals surface area contributed by atoms with Gasteiger partial charge in [0.2, 0.25) is 0 Å². The van der Waals surface area contributed by atoms with Gasteiger partial charge in [0.05, 0.1) is 19.8 Å². The number of rotatable bonds is 5. The van der Waals surface area contributed by atoms with Crippen LogP contribution in [0.15, 0.2) is 18.2 Å². The highest BCUT2D eigenvalue weighted by molar-refractivity contribution is 5.31. The third-order valence-electron chi connectivity index (χ3n) is 3.39. The van der Waals surface area contributed by atoms with Crippen molar-refractivity contribution in [3.05, 3.63) is 29.6 Å². The molecule has 0 aromatic heterocycles. The zero-order chi connectivity index (χ0) is 14.8. The predicted molar refractivity (Wildman–Crippen MR) is 74.3 cm³/mol. The molecule has 1 aliphatic heterocycles. The molecule has 4 nitrogen and oxygen atoms in total. The smallest absolute Gasteiger partial charge is 0.165 e. The highest BCUT2D eigenvalue weighted by atomic mass is 19.1. The van der Waals surface area contributed by atoms with Crippen LogP contribution in [0.25, 0.3) is 0 Å². The van der Waals surface area contributed by atoms with Gasteiger partial charge in [0.1, 0.15) is 0 Å². The van der Waals surface area contributed by atoms with Crippen molar-refractivity contribution in [2.45, 2.75) is 38.7 Å². The Labute approximate surface area is 119 Å². The van der Waals surface area contributed by atoms with Crippen molar-refractivity contribution in [3.8, 4) is 5.75 Å². The van der Waals surface area contributed by atoms with Crippen molar-refractivity contribution in [2.24, 2.45) is 0 Å². The van der Waals surface area contributed by atoms with Gasteiger partial charge in [-0.3, -0.25) is 0 Å². The van der Waals surface area contributed by atoms with Crippen LogP contribution in [-0.4, -0.2) is 32.2 Å². The van der Waals surface area contributed by atoms with E-state index in [2.05, 4.69) is 5.32 Å². The molecule has 1 aliphatic rings. The number of ether oxygens (including phenoxy) is 3. The van der Waals surface area contributed by atoms with E-state index in [0.717, 1.165) is 5.56 Å². The van der Waals surface area contributed by atoms with Crippen LogP contribution in [-0.2, 0) is 9.47 Å². The number of nitrogens with one attached hydrogen (secondary N) is 1. The van der Waals surface area contributed by atoms with Gasteiger partial charge in [-0.2, -0.15) is 0 Å². The average Bonchev–Trinajstić information content (AvgIpc) is 2.76. The second-order valence-electron chi connectivity index (χ2n) is 5.47. The van der Waals surface area contributed by atoms with E-state index < -0.39 is 5.79 Å². The molecule has 2 unspecified atom stereocenters.